The quantitative estimate of drug-likeness (QED) is 0.710. The highest BCUT2D eigenvalue weighted by Crippen LogP contribution is 2.36. The van der Waals surface area contributed by atoms with Crippen molar-refractivity contribution in [2.24, 2.45) is 5.92 Å². The zero-order valence-corrected chi connectivity index (χ0v) is 16.7. The van der Waals surface area contributed by atoms with E-state index >= 15 is 0 Å². The van der Waals surface area contributed by atoms with Gasteiger partial charge in [0.2, 0.25) is 0 Å². The number of benzene rings is 1. The molecule has 1 atom stereocenters. The van der Waals surface area contributed by atoms with Gasteiger partial charge >= 0.3 is 0 Å². The maximum atomic E-state index is 12.8. The number of nitrogen functional groups attached to an aromatic ring is 1. The number of rotatable bonds is 3. The molecule has 2 heterocycles. The van der Waals surface area contributed by atoms with Crippen molar-refractivity contribution in [3.8, 4) is 0 Å². The fourth-order valence-corrected chi connectivity index (χ4v) is 4.56. The van der Waals surface area contributed by atoms with Crippen LogP contribution in [-0.2, 0) is 12.8 Å². The molecule has 0 saturated heterocycles. The summed E-state index contributed by atoms with van der Waals surface area (Å²) in [4.78, 5) is 21.0. The Kier molecular flexibility index (Phi) is 4.52. The number of amides is 1. The summed E-state index contributed by atoms with van der Waals surface area (Å²) >= 11 is 1.38. The molecule has 1 aliphatic carbocycles. The third-order valence-corrected chi connectivity index (χ3v) is 6.29. The number of nitrogens with zero attached hydrogens (tertiary/aromatic N) is 2. The predicted molar refractivity (Wildman–Crippen MR) is 114 cm³/mol. The molecule has 0 fully saturated rings. The van der Waals surface area contributed by atoms with Gasteiger partial charge in [-0.05, 0) is 61.1 Å². The normalized spacial score (nSPS) is 16.2. The molecule has 0 aliphatic heterocycles. The van der Waals surface area contributed by atoms with Crippen molar-refractivity contribution in [3.05, 3.63) is 46.5 Å². The van der Waals surface area contributed by atoms with E-state index in [9.17, 15) is 4.79 Å². The van der Waals surface area contributed by atoms with E-state index in [1.165, 1.54) is 23.3 Å². The van der Waals surface area contributed by atoms with Crippen molar-refractivity contribution in [2.75, 3.05) is 30.0 Å². The molecule has 4 rings (SSSR count). The largest absolute Gasteiger partial charge is 0.397 e. The third-order valence-electron chi connectivity index (χ3n) is 5.18. The summed E-state index contributed by atoms with van der Waals surface area (Å²) in [7, 11) is 3.97. The number of carbonyl (C=O) groups is 1. The molecule has 1 aliphatic rings. The van der Waals surface area contributed by atoms with E-state index in [2.05, 4.69) is 18.3 Å². The monoisotopic (exact) mass is 380 g/mol. The SMILES string of the molecule is C[C@H]1CCc2nc3sc(C(=O)Nc4ccc(N(C)C)cc4)c(N)c3cc2C1. The molecule has 6 heteroatoms. The van der Waals surface area contributed by atoms with E-state index in [-0.39, 0.29) is 5.91 Å². The molecular weight excluding hydrogens is 356 g/mol. The van der Waals surface area contributed by atoms with Gasteiger partial charge in [0.25, 0.3) is 5.91 Å². The summed E-state index contributed by atoms with van der Waals surface area (Å²) < 4.78 is 0. The summed E-state index contributed by atoms with van der Waals surface area (Å²) in [6, 6.07) is 9.88. The number of hydrogen-bond donors (Lipinski definition) is 2. The van der Waals surface area contributed by atoms with Crippen LogP contribution < -0.4 is 16.0 Å². The highest BCUT2D eigenvalue weighted by molar-refractivity contribution is 7.21. The molecule has 27 heavy (non-hydrogen) atoms. The van der Waals surface area contributed by atoms with Crippen molar-refractivity contribution >= 4 is 44.5 Å². The molecule has 0 radical (unpaired) electrons. The van der Waals surface area contributed by atoms with Gasteiger partial charge in [0, 0.05) is 36.6 Å². The van der Waals surface area contributed by atoms with E-state index in [0.29, 0.717) is 16.5 Å². The smallest absolute Gasteiger partial charge is 0.267 e. The van der Waals surface area contributed by atoms with Crippen molar-refractivity contribution < 1.29 is 4.79 Å². The Hall–Kier alpha value is -2.60. The van der Waals surface area contributed by atoms with E-state index in [1.807, 2.05) is 43.3 Å². The molecule has 2 aromatic heterocycles. The number of carbonyl (C=O) groups excluding carboxylic acids is 1. The number of thiophene rings is 1. The molecule has 140 valence electrons. The highest BCUT2D eigenvalue weighted by Gasteiger charge is 2.22. The Labute approximate surface area is 163 Å². The van der Waals surface area contributed by atoms with Crippen LogP contribution >= 0.6 is 11.3 Å². The lowest BCUT2D eigenvalue weighted by Crippen LogP contribution is -2.13. The van der Waals surface area contributed by atoms with Crippen molar-refractivity contribution in [2.45, 2.75) is 26.2 Å². The molecule has 3 aromatic rings. The second-order valence-electron chi connectivity index (χ2n) is 7.54. The number of nitrogens with two attached hydrogens (primary N) is 1. The topological polar surface area (TPSA) is 71.2 Å². The Balaban J connectivity index is 1.63. The predicted octanol–water partition coefficient (Wildman–Crippen LogP) is 4.32. The minimum atomic E-state index is -0.181. The Bertz CT molecular complexity index is 1010. The Morgan fingerprint density at radius 1 is 1.30 bits per heavy atom. The molecule has 5 nitrogen and oxygen atoms in total. The minimum absolute atomic E-state index is 0.181. The number of aryl methyl sites for hydroxylation is 1. The van der Waals surface area contributed by atoms with Crippen LogP contribution in [0.5, 0.6) is 0 Å². The van der Waals surface area contributed by atoms with Crippen LogP contribution in [0.3, 0.4) is 0 Å². The van der Waals surface area contributed by atoms with Gasteiger partial charge in [-0.1, -0.05) is 6.92 Å². The van der Waals surface area contributed by atoms with Gasteiger partial charge in [-0.3, -0.25) is 4.79 Å². The molecule has 0 saturated carbocycles. The number of fused-ring (bicyclic) bond motifs is 2. The van der Waals surface area contributed by atoms with Crippen LogP contribution in [-0.4, -0.2) is 25.0 Å². The van der Waals surface area contributed by atoms with Gasteiger partial charge < -0.3 is 16.0 Å². The average molecular weight is 381 g/mol. The maximum absolute atomic E-state index is 12.8. The van der Waals surface area contributed by atoms with Crippen molar-refractivity contribution in [1.82, 2.24) is 4.98 Å². The zero-order chi connectivity index (χ0) is 19.1. The maximum Gasteiger partial charge on any atom is 0.267 e. The second kappa shape index (κ2) is 6.85. The van der Waals surface area contributed by atoms with Gasteiger partial charge in [0.15, 0.2) is 0 Å². The van der Waals surface area contributed by atoms with Gasteiger partial charge in [-0.25, -0.2) is 4.98 Å². The van der Waals surface area contributed by atoms with E-state index in [1.54, 1.807) is 0 Å². The number of hydrogen-bond acceptors (Lipinski definition) is 5. The minimum Gasteiger partial charge on any atom is -0.397 e. The first kappa shape index (κ1) is 17.8. The van der Waals surface area contributed by atoms with Gasteiger partial charge in [-0.15, -0.1) is 11.3 Å². The number of nitrogens with one attached hydrogen (secondary N) is 1. The molecule has 1 amide bonds. The summed E-state index contributed by atoms with van der Waals surface area (Å²) in [5.74, 6) is 0.490. The first-order chi connectivity index (χ1) is 12.9. The first-order valence-electron chi connectivity index (χ1n) is 9.22. The highest BCUT2D eigenvalue weighted by atomic mass is 32.1. The van der Waals surface area contributed by atoms with Crippen LogP contribution in [0.2, 0.25) is 0 Å². The fourth-order valence-electron chi connectivity index (χ4n) is 3.57. The summed E-state index contributed by atoms with van der Waals surface area (Å²) in [6.45, 7) is 2.27. The average Bonchev–Trinajstić information content (AvgIpc) is 2.96. The second-order valence-corrected chi connectivity index (χ2v) is 8.53. The Morgan fingerprint density at radius 3 is 2.74 bits per heavy atom. The van der Waals surface area contributed by atoms with Crippen molar-refractivity contribution in [3.63, 3.8) is 0 Å². The van der Waals surface area contributed by atoms with E-state index in [4.69, 9.17) is 10.7 Å². The van der Waals surface area contributed by atoms with Gasteiger partial charge in [0.05, 0.1) is 5.69 Å². The zero-order valence-electron chi connectivity index (χ0n) is 15.9. The number of pyridine rings is 1. The first-order valence-corrected chi connectivity index (χ1v) is 10.0. The molecular formula is C21H24N4OS. The lowest BCUT2D eigenvalue weighted by atomic mass is 9.87. The summed E-state index contributed by atoms with van der Waals surface area (Å²) in [6.07, 6.45) is 3.21. The molecule has 1 aromatic carbocycles. The van der Waals surface area contributed by atoms with E-state index < -0.39 is 0 Å². The van der Waals surface area contributed by atoms with Crippen LogP contribution in [0.1, 0.15) is 34.3 Å². The summed E-state index contributed by atoms with van der Waals surface area (Å²) in [5.41, 5.74) is 11.1. The Morgan fingerprint density at radius 2 is 2.04 bits per heavy atom. The van der Waals surface area contributed by atoms with Gasteiger partial charge in [0.1, 0.15) is 9.71 Å². The molecule has 0 bridgehead atoms. The van der Waals surface area contributed by atoms with Crippen LogP contribution in [0.15, 0.2) is 30.3 Å². The third kappa shape index (κ3) is 3.37. The number of aromatic nitrogens is 1. The van der Waals surface area contributed by atoms with Crippen molar-refractivity contribution in [1.29, 1.82) is 0 Å². The number of anilines is 3. The van der Waals surface area contributed by atoms with Gasteiger partial charge in [-0.2, -0.15) is 0 Å². The fraction of sp³-hybridized carbons (Fsp3) is 0.333. The standard InChI is InChI=1S/C21H24N4OS/c1-12-4-9-17-13(10-12)11-16-18(22)19(27-21(16)24-17)20(26)23-14-5-7-15(8-6-14)25(2)3/h5-8,11-12H,4,9-10,22H2,1-3H3,(H,23,26)/t12-/m0/s1. The van der Waals surface area contributed by atoms with Crippen LogP contribution in [0.4, 0.5) is 17.1 Å². The molecule has 3 N–H and O–H groups in total. The molecule has 0 unspecified atom stereocenters. The summed E-state index contributed by atoms with van der Waals surface area (Å²) in [5, 5.41) is 3.85. The van der Waals surface area contributed by atoms with E-state index in [0.717, 1.165) is 40.1 Å². The lowest BCUT2D eigenvalue weighted by Gasteiger charge is -2.20. The molecule has 0 spiro atoms. The van der Waals surface area contributed by atoms with Crippen LogP contribution in [0.25, 0.3) is 10.2 Å². The van der Waals surface area contributed by atoms with Crippen LogP contribution in [0, 0.1) is 5.92 Å². The lowest BCUT2D eigenvalue weighted by molar-refractivity contribution is 0.103.